The third-order valence-corrected chi connectivity index (χ3v) is 3.60. The highest BCUT2D eigenvalue weighted by atomic mass is 16.1. The van der Waals surface area contributed by atoms with Gasteiger partial charge < -0.3 is 4.90 Å². The minimum absolute atomic E-state index is 0.0419. The molecule has 0 unspecified atom stereocenters. The lowest BCUT2D eigenvalue weighted by Gasteiger charge is -2.30. The third kappa shape index (κ3) is 2.94. The van der Waals surface area contributed by atoms with Crippen molar-refractivity contribution in [2.45, 2.75) is 20.8 Å². The van der Waals surface area contributed by atoms with Gasteiger partial charge in [0.05, 0.1) is 12.2 Å². The molecule has 0 spiro atoms. The number of allylic oxidation sites excluding steroid dienone is 1. The Hall–Kier alpha value is -2.23. The van der Waals surface area contributed by atoms with Crippen molar-refractivity contribution in [3.8, 4) is 0 Å². The Labute approximate surface area is 125 Å². The summed E-state index contributed by atoms with van der Waals surface area (Å²) < 4.78 is 0. The first-order chi connectivity index (χ1) is 9.95. The summed E-state index contributed by atoms with van der Waals surface area (Å²) in [7, 11) is 1.89. The predicted molar refractivity (Wildman–Crippen MR) is 84.3 cm³/mol. The number of aldehydes is 1. The van der Waals surface area contributed by atoms with E-state index in [1.54, 1.807) is 12.1 Å². The highest BCUT2D eigenvalue weighted by Crippen LogP contribution is 2.29. The number of carbonyl (C=O) groups excluding carboxylic acids is 2. The molecular formula is C17H20N2O2. The molecule has 0 saturated carbocycles. The number of hydrogen-bond donors (Lipinski definition) is 0. The second-order valence-electron chi connectivity index (χ2n) is 5.57. The van der Waals surface area contributed by atoms with Crippen LogP contribution >= 0.6 is 0 Å². The van der Waals surface area contributed by atoms with Crippen LogP contribution in [0.5, 0.6) is 0 Å². The molecule has 0 radical (unpaired) electrons. The van der Waals surface area contributed by atoms with Gasteiger partial charge in [-0.2, -0.15) is 0 Å². The Bertz CT molecular complexity index is 642. The van der Waals surface area contributed by atoms with Crippen molar-refractivity contribution in [3.05, 3.63) is 41.1 Å². The van der Waals surface area contributed by atoms with Gasteiger partial charge in [0.15, 0.2) is 12.1 Å². The summed E-state index contributed by atoms with van der Waals surface area (Å²) in [6.45, 7) is 6.33. The van der Waals surface area contributed by atoms with Crippen molar-refractivity contribution < 1.29 is 9.59 Å². The van der Waals surface area contributed by atoms with Gasteiger partial charge in [0.2, 0.25) is 0 Å². The fourth-order valence-electron chi connectivity index (χ4n) is 2.49. The highest BCUT2D eigenvalue weighted by Gasteiger charge is 2.25. The fraction of sp³-hybridized carbons (Fsp3) is 0.353. The zero-order valence-corrected chi connectivity index (χ0v) is 12.9. The van der Waals surface area contributed by atoms with Crippen molar-refractivity contribution in [2.75, 3.05) is 13.6 Å². The summed E-state index contributed by atoms with van der Waals surface area (Å²) in [5.41, 5.74) is 3.44. The van der Waals surface area contributed by atoms with Crippen LogP contribution in [-0.2, 0) is 4.79 Å². The van der Waals surface area contributed by atoms with Crippen molar-refractivity contribution in [2.24, 2.45) is 10.9 Å². The van der Waals surface area contributed by atoms with Crippen LogP contribution in [-0.4, -0.2) is 36.3 Å². The molecule has 2 rings (SSSR count). The van der Waals surface area contributed by atoms with Crippen molar-refractivity contribution >= 4 is 23.5 Å². The van der Waals surface area contributed by atoms with E-state index >= 15 is 0 Å². The van der Waals surface area contributed by atoms with Crippen molar-refractivity contribution in [1.82, 2.24) is 4.90 Å². The molecular weight excluding hydrogens is 264 g/mol. The monoisotopic (exact) mass is 284 g/mol. The number of Topliss-reactive ketones (excluding diaryl/α,β-unsaturated/α-hetero) is 1. The van der Waals surface area contributed by atoms with Gasteiger partial charge in [-0.15, -0.1) is 0 Å². The van der Waals surface area contributed by atoms with E-state index in [-0.39, 0.29) is 5.78 Å². The lowest BCUT2D eigenvalue weighted by molar-refractivity contribution is -0.114. The normalized spacial score (nSPS) is 15.3. The zero-order chi connectivity index (χ0) is 15.6. The summed E-state index contributed by atoms with van der Waals surface area (Å²) in [4.78, 5) is 29.9. The number of hydrogen-bond acceptors (Lipinski definition) is 4. The molecule has 0 atom stereocenters. The lowest BCUT2D eigenvalue weighted by Crippen LogP contribution is -2.34. The molecule has 1 heterocycles. The summed E-state index contributed by atoms with van der Waals surface area (Å²) in [6, 6.07) is 7.24. The minimum atomic E-state index is -0.0419. The SMILES string of the molecule is CC(=O)C1=C(c2ccccc2C=O)N=C(C(C)C)CN1C. The fourth-order valence-corrected chi connectivity index (χ4v) is 2.49. The molecule has 1 aliphatic heterocycles. The number of likely N-dealkylation sites (N-methyl/N-ethyl adjacent to an activating group) is 1. The Morgan fingerprint density at radius 3 is 2.57 bits per heavy atom. The maximum absolute atomic E-state index is 12.0. The van der Waals surface area contributed by atoms with Gasteiger partial charge in [-0.3, -0.25) is 14.6 Å². The average molecular weight is 284 g/mol. The maximum atomic E-state index is 12.0. The minimum Gasteiger partial charge on any atom is -0.364 e. The molecule has 0 amide bonds. The van der Waals surface area contributed by atoms with Crippen LogP contribution in [0.1, 0.15) is 36.7 Å². The largest absolute Gasteiger partial charge is 0.364 e. The molecule has 1 aromatic rings. The second kappa shape index (κ2) is 6.04. The summed E-state index contributed by atoms with van der Waals surface area (Å²) in [5, 5.41) is 0. The van der Waals surface area contributed by atoms with Crippen LogP contribution in [0.4, 0.5) is 0 Å². The van der Waals surface area contributed by atoms with E-state index in [0.717, 1.165) is 12.0 Å². The quantitative estimate of drug-likeness (QED) is 0.799. The third-order valence-electron chi connectivity index (χ3n) is 3.60. The van der Waals surface area contributed by atoms with E-state index in [2.05, 4.69) is 18.8 Å². The Morgan fingerprint density at radius 1 is 1.33 bits per heavy atom. The Kier molecular flexibility index (Phi) is 4.36. The first-order valence-corrected chi connectivity index (χ1v) is 7.04. The van der Waals surface area contributed by atoms with E-state index in [1.807, 2.05) is 24.1 Å². The first kappa shape index (κ1) is 15.2. The molecule has 4 nitrogen and oxygen atoms in total. The predicted octanol–water partition coefficient (Wildman–Crippen LogP) is 2.80. The number of carbonyl (C=O) groups is 2. The summed E-state index contributed by atoms with van der Waals surface area (Å²) in [5.74, 6) is 0.249. The van der Waals surface area contributed by atoms with Gasteiger partial charge in [0, 0.05) is 30.8 Å². The second-order valence-corrected chi connectivity index (χ2v) is 5.57. The maximum Gasteiger partial charge on any atom is 0.178 e. The molecule has 0 N–H and O–H groups in total. The van der Waals surface area contributed by atoms with Gasteiger partial charge in [-0.1, -0.05) is 38.1 Å². The van der Waals surface area contributed by atoms with Gasteiger partial charge >= 0.3 is 0 Å². The van der Waals surface area contributed by atoms with Gasteiger partial charge in [0.1, 0.15) is 5.70 Å². The van der Waals surface area contributed by atoms with E-state index in [4.69, 9.17) is 0 Å². The van der Waals surface area contributed by atoms with E-state index in [9.17, 15) is 9.59 Å². The highest BCUT2D eigenvalue weighted by molar-refractivity contribution is 6.07. The molecule has 110 valence electrons. The molecule has 0 aromatic heterocycles. The van der Waals surface area contributed by atoms with Gasteiger partial charge in [0.25, 0.3) is 0 Å². The van der Waals surface area contributed by atoms with Crippen molar-refractivity contribution in [1.29, 1.82) is 0 Å². The molecule has 1 aliphatic rings. The molecule has 21 heavy (non-hydrogen) atoms. The summed E-state index contributed by atoms with van der Waals surface area (Å²) in [6.07, 6.45) is 0.805. The zero-order valence-electron chi connectivity index (χ0n) is 12.9. The topological polar surface area (TPSA) is 49.7 Å². The van der Waals surface area contributed by atoms with Crippen LogP contribution in [0.3, 0.4) is 0 Å². The number of rotatable bonds is 4. The van der Waals surface area contributed by atoms with Crippen LogP contribution in [0.15, 0.2) is 35.0 Å². The van der Waals surface area contributed by atoms with E-state index in [0.29, 0.717) is 35.0 Å². The molecule has 0 aliphatic carbocycles. The number of aliphatic imine (C=N–C) groups is 1. The smallest absolute Gasteiger partial charge is 0.178 e. The molecule has 1 aromatic carbocycles. The van der Waals surface area contributed by atoms with Crippen LogP contribution < -0.4 is 0 Å². The number of nitrogens with zero attached hydrogens (tertiary/aromatic N) is 2. The Morgan fingerprint density at radius 2 is 2.00 bits per heavy atom. The molecule has 0 fully saturated rings. The molecule has 0 saturated heterocycles. The standard InChI is InChI=1S/C17H20N2O2/c1-11(2)15-9-19(4)17(12(3)21)16(18-15)14-8-6-5-7-13(14)10-20/h5-8,10-11H,9H2,1-4H3. The van der Waals surface area contributed by atoms with Gasteiger partial charge in [-0.25, -0.2) is 0 Å². The first-order valence-electron chi connectivity index (χ1n) is 7.04. The van der Waals surface area contributed by atoms with E-state index in [1.165, 1.54) is 6.92 Å². The average Bonchev–Trinajstić information content (AvgIpc) is 2.45. The number of benzene rings is 1. The number of ketones is 1. The van der Waals surface area contributed by atoms with Crippen LogP contribution in [0.2, 0.25) is 0 Å². The van der Waals surface area contributed by atoms with Crippen LogP contribution in [0.25, 0.3) is 5.70 Å². The lowest BCUT2D eigenvalue weighted by atomic mass is 9.98. The molecule has 4 heteroatoms. The van der Waals surface area contributed by atoms with Crippen LogP contribution in [0, 0.1) is 5.92 Å². The molecule has 0 bridgehead atoms. The summed E-state index contributed by atoms with van der Waals surface area (Å²) >= 11 is 0. The van der Waals surface area contributed by atoms with E-state index < -0.39 is 0 Å². The van der Waals surface area contributed by atoms with Gasteiger partial charge in [-0.05, 0) is 5.92 Å². The Balaban J connectivity index is 2.71. The van der Waals surface area contributed by atoms with Crippen molar-refractivity contribution in [3.63, 3.8) is 0 Å².